The predicted octanol–water partition coefficient (Wildman–Crippen LogP) is 1.84. The minimum Gasteiger partial charge on any atom is -0.379 e. The highest BCUT2D eigenvalue weighted by molar-refractivity contribution is 4.79. The number of aliphatic hydroxyl groups excluding tert-OH is 1. The van der Waals surface area contributed by atoms with E-state index in [1.54, 1.807) is 0 Å². The molecular formula is C10H21NO. The van der Waals surface area contributed by atoms with Crippen molar-refractivity contribution in [3.63, 3.8) is 0 Å². The van der Waals surface area contributed by atoms with Gasteiger partial charge in [-0.1, -0.05) is 19.8 Å². The highest BCUT2D eigenvalue weighted by Crippen LogP contribution is 2.27. The number of nitrogens with zero attached hydrogens (tertiary/aromatic N) is 1. The van der Waals surface area contributed by atoms with Crippen LogP contribution in [0.25, 0.3) is 0 Å². The number of rotatable bonds is 2. The van der Waals surface area contributed by atoms with Crippen LogP contribution >= 0.6 is 0 Å². The Morgan fingerprint density at radius 3 is 2.42 bits per heavy atom. The molecule has 0 saturated heterocycles. The molecule has 1 N–H and O–H groups in total. The quantitative estimate of drug-likeness (QED) is 0.641. The standard InChI is InChI=1S/C10H21NO/c1-8-6-4-5-7-10(8)11(3)9(2)12/h8-10,12H,4-7H2,1-3H3. The molecule has 12 heavy (non-hydrogen) atoms. The van der Waals surface area contributed by atoms with Gasteiger partial charge in [0.15, 0.2) is 0 Å². The zero-order chi connectivity index (χ0) is 9.14. The fraction of sp³-hybridized carbons (Fsp3) is 1.00. The third-order valence-corrected chi connectivity index (χ3v) is 3.18. The Balaban J connectivity index is 2.47. The maximum atomic E-state index is 9.42. The van der Waals surface area contributed by atoms with Gasteiger partial charge in [-0.15, -0.1) is 0 Å². The lowest BCUT2D eigenvalue weighted by Gasteiger charge is -2.37. The summed E-state index contributed by atoms with van der Waals surface area (Å²) in [6.07, 6.45) is 4.97. The summed E-state index contributed by atoms with van der Waals surface area (Å²) in [5.74, 6) is 0.748. The molecule has 0 aromatic carbocycles. The minimum absolute atomic E-state index is 0.296. The van der Waals surface area contributed by atoms with E-state index in [4.69, 9.17) is 0 Å². The Morgan fingerprint density at radius 2 is 1.92 bits per heavy atom. The van der Waals surface area contributed by atoms with Crippen LogP contribution in [0.5, 0.6) is 0 Å². The van der Waals surface area contributed by atoms with Gasteiger partial charge in [0, 0.05) is 6.04 Å². The van der Waals surface area contributed by atoms with E-state index in [-0.39, 0.29) is 6.23 Å². The van der Waals surface area contributed by atoms with Crippen molar-refractivity contribution in [3.8, 4) is 0 Å². The van der Waals surface area contributed by atoms with E-state index in [0.29, 0.717) is 6.04 Å². The normalized spacial score (nSPS) is 33.8. The summed E-state index contributed by atoms with van der Waals surface area (Å²) in [5.41, 5.74) is 0. The average molecular weight is 171 g/mol. The zero-order valence-corrected chi connectivity index (χ0v) is 8.45. The lowest BCUT2D eigenvalue weighted by atomic mass is 9.85. The number of aliphatic hydroxyl groups is 1. The Morgan fingerprint density at radius 1 is 1.33 bits per heavy atom. The van der Waals surface area contributed by atoms with Gasteiger partial charge in [-0.2, -0.15) is 0 Å². The Kier molecular flexibility index (Phi) is 3.53. The SMILES string of the molecule is CC1CCCCC1N(C)C(C)O. The van der Waals surface area contributed by atoms with Gasteiger partial charge in [0.2, 0.25) is 0 Å². The Bertz CT molecular complexity index is 136. The number of hydrogen-bond donors (Lipinski definition) is 1. The first-order valence-electron chi connectivity index (χ1n) is 5.03. The van der Waals surface area contributed by atoms with Crippen molar-refractivity contribution in [2.75, 3.05) is 7.05 Å². The van der Waals surface area contributed by atoms with Crippen molar-refractivity contribution in [1.29, 1.82) is 0 Å². The molecule has 0 spiro atoms. The molecule has 2 nitrogen and oxygen atoms in total. The second-order valence-electron chi connectivity index (χ2n) is 4.13. The third kappa shape index (κ3) is 2.20. The molecule has 3 unspecified atom stereocenters. The van der Waals surface area contributed by atoms with Crippen molar-refractivity contribution in [1.82, 2.24) is 4.90 Å². The Hall–Kier alpha value is -0.0800. The molecule has 0 aromatic rings. The molecule has 0 amide bonds. The fourth-order valence-electron chi connectivity index (χ4n) is 2.18. The first-order valence-corrected chi connectivity index (χ1v) is 5.03. The van der Waals surface area contributed by atoms with Crippen LogP contribution in [0.4, 0.5) is 0 Å². The molecule has 0 bridgehead atoms. The maximum absolute atomic E-state index is 9.42. The van der Waals surface area contributed by atoms with Gasteiger partial charge in [-0.05, 0) is 32.7 Å². The van der Waals surface area contributed by atoms with E-state index in [1.165, 1.54) is 25.7 Å². The second kappa shape index (κ2) is 4.24. The monoisotopic (exact) mass is 171 g/mol. The molecule has 1 aliphatic rings. The van der Waals surface area contributed by atoms with Gasteiger partial charge in [-0.3, -0.25) is 4.90 Å². The molecule has 0 radical (unpaired) electrons. The first-order chi connectivity index (χ1) is 5.63. The lowest BCUT2D eigenvalue weighted by molar-refractivity contribution is -0.0180. The molecule has 0 heterocycles. The molecule has 1 rings (SSSR count). The molecule has 1 saturated carbocycles. The van der Waals surface area contributed by atoms with Gasteiger partial charge in [0.05, 0.1) is 0 Å². The van der Waals surface area contributed by atoms with Crippen LogP contribution in [0.1, 0.15) is 39.5 Å². The van der Waals surface area contributed by atoms with Crippen molar-refractivity contribution < 1.29 is 5.11 Å². The van der Waals surface area contributed by atoms with Crippen LogP contribution in [0.15, 0.2) is 0 Å². The van der Waals surface area contributed by atoms with Gasteiger partial charge in [0.25, 0.3) is 0 Å². The number of hydrogen-bond acceptors (Lipinski definition) is 2. The summed E-state index contributed by atoms with van der Waals surface area (Å²) in [6, 6.07) is 0.596. The van der Waals surface area contributed by atoms with Crippen molar-refractivity contribution in [2.24, 2.45) is 5.92 Å². The van der Waals surface area contributed by atoms with Gasteiger partial charge < -0.3 is 5.11 Å². The van der Waals surface area contributed by atoms with E-state index in [1.807, 2.05) is 14.0 Å². The highest BCUT2D eigenvalue weighted by atomic mass is 16.3. The lowest BCUT2D eigenvalue weighted by Crippen LogP contribution is -2.43. The van der Waals surface area contributed by atoms with Crippen molar-refractivity contribution in [3.05, 3.63) is 0 Å². The van der Waals surface area contributed by atoms with Gasteiger partial charge >= 0.3 is 0 Å². The molecule has 72 valence electrons. The molecule has 1 aliphatic carbocycles. The molecular weight excluding hydrogens is 150 g/mol. The zero-order valence-electron chi connectivity index (χ0n) is 8.45. The second-order valence-corrected chi connectivity index (χ2v) is 4.13. The van der Waals surface area contributed by atoms with E-state index in [0.717, 1.165) is 5.92 Å². The smallest absolute Gasteiger partial charge is 0.104 e. The van der Waals surface area contributed by atoms with Crippen LogP contribution in [-0.2, 0) is 0 Å². The van der Waals surface area contributed by atoms with Gasteiger partial charge in [-0.25, -0.2) is 0 Å². The average Bonchev–Trinajstić information content (AvgIpc) is 2.04. The van der Waals surface area contributed by atoms with Gasteiger partial charge in [0.1, 0.15) is 6.23 Å². The maximum Gasteiger partial charge on any atom is 0.104 e. The summed E-state index contributed by atoms with van der Waals surface area (Å²) in [7, 11) is 2.02. The summed E-state index contributed by atoms with van der Waals surface area (Å²) in [6.45, 7) is 4.14. The predicted molar refractivity (Wildman–Crippen MR) is 50.9 cm³/mol. The van der Waals surface area contributed by atoms with Crippen LogP contribution < -0.4 is 0 Å². The van der Waals surface area contributed by atoms with Crippen molar-refractivity contribution in [2.45, 2.75) is 51.8 Å². The molecule has 0 aromatic heterocycles. The molecule has 1 fully saturated rings. The topological polar surface area (TPSA) is 23.5 Å². The Labute approximate surface area is 75.6 Å². The van der Waals surface area contributed by atoms with Crippen molar-refractivity contribution >= 4 is 0 Å². The largest absolute Gasteiger partial charge is 0.379 e. The van der Waals surface area contributed by atoms with Crippen LogP contribution in [0.3, 0.4) is 0 Å². The summed E-state index contributed by atoms with van der Waals surface area (Å²) >= 11 is 0. The fourth-order valence-corrected chi connectivity index (χ4v) is 2.18. The van der Waals surface area contributed by atoms with E-state index >= 15 is 0 Å². The van der Waals surface area contributed by atoms with E-state index < -0.39 is 0 Å². The minimum atomic E-state index is -0.296. The first kappa shape index (κ1) is 10.0. The van der Waals surface area contributed by atoms with Crippen LogP contribution in [0, 0.1) is 5.92 Å². The summed E-state index contributed by atoms with van der Waals surface area (Å²) < 4.78 is 0. The highest BCUT2D eigenvalue weighted by Gasteiger charge is 2.26. The molecule has 0 aliphatic heterocycles. The molecule has 2 heteroatoms. The molecule has 3 atom stereocenters. The summed E-state index contributed by atoms with van der Waals surface area (Å²) in [5, 5.41) is 9.42. The summed E-state index contributed by atoms with van der Waals surface area (Å²) in [4.78, 5) is 2.10. The van der Waals surface area contributed by atoms with E-state index in [9.17, 15) is 5.11 Å². The third-order valence-electron chi connectivity index (χ3n) is 3.18. The van der Waals surface area contributed by atoms with Crippen LogP contribution in [0.2, 0.25) is 0 Å². The van der Waals surface area contributed by atoms with E-state index in [2.05, 4.69) is 11.8 Å². The van der Waals surface area contributed by atoms with Crippen LogP contribution in [-0.4, -0.2) is 29.3 Å².